The van der Waals surface area contributed by atoms with Crippen molar-refractivity contribution in [1.82, 2.24) is 9.29 Å². The number of nitrogens with one attached hydrogen (secondary N) is 2. The average molecular weight is 607 g/mol. The minimum Gasteiger partial charge on any atom is -0.496 e. The molecule has 3 aromatic carbocycles. The van der Waals surface area contributed by atoms with Gasteiger partial charge in [0.15, 0.2) is 0 Å². The smallest absolute Gasteiger partial charge is 0.269 e. The van der Waals surface area contributed by atoms with Crippen molar-refractivity contribution in [1.29, 1.82) is 0 Å². The van der Waals surface area contributed by atoms with Gasteiger partial charge in [-0.05, 0) is 60.7 Å². The Balaban J connectivity index is 1.51. The second-order valence-electron chi connectivity index (χ2n) is 10.2. The molecule has 4 rings (SSSR count). The topological polar surface area (TPSA) is 150 Å². The van der Waals surface area contributed by atoms with Crippen molar-refractivity contribution in [3.8, 4) is 5.75 Å². The molecule has 0 aliphatic heterocycles. The van der Waals surface area contributed by atoms with Crippen molar-refractivity contribution in [3.05, 3.63) is 94.2 Å². The number of hydrogen-bond donors (Lipinski definition) is 2. The number of amides is 2. The average Bonchev–Trinajstić information content (AvgIpc) is 3.39. The number of carbonyl (C=O) groups excluding carboxylic acids is 2. The van der Waals surface area contributed by atoms with Crippen LogP contribution in [0.2, 0.25) is 0 Å². The third kappa shape index (κ3) is 7.39. The molecule has 43 heavy (non-hydrogen) atoms. The van der Waals surface area contributed by atoms with Crippen LogP contribution in [0.15, 0.2) is 77.8 Å². The second-order valence-corrected chi connectivity index (χ2v) is 11.8. The Hall–Kier alpha value is -4.71. The monoisotopic (exact) mass is 606 g/mol. The quantitative estimate of drug-likeness (QED) is 0.143. The lowest BCUT2D eigenvalue weighted by Crippen LogP contribution is -2.30. The highest BCUT2D eigenvalue weighted by molar-refractivity contribution is 7.90. The van der Waals surface area contributed by atoms with Crippen LogP contribution in [-0.4, -0.2) is 36.8 Å². The number of anilines is 1. The van der Waals surface area contributed by atoms with Crippen molar-refractivity contribution in [2.75, 3.05) is 12.4 Å². The number of hydrogen-bond acceptors (Lipinski definition) is 7. The highest BCUT2D eigenvalue weighted by Crippen LogP contribution is 2.27. The Bertz CT molecular complexity index is 1750. The van der Waals surface area contributed by atoms with E-state index in [4.69, 9.17) is 4.74 Å². The maximum Gasteiger partial charge on any atom is 0.269 e. The molecule has 0 spiro atoms. The Morgan fingerprint density at radius 1 is 1.02 bits per heavy atom. The third-order valence-electron chi connectivity index (χ3n) is 7.29. The van der Waals surface area contributed by atoms with Crippen LogP contribution in [0.1, 0.15) is 55.5 Å². The number of methoxy groups -OCH3 is 1. The van der Waals surface area contributed by atoms with Crippen molar-refractivity contribution >= 4 is 44.1 Å². The lowest BCUT2D eigenvalue weighted by molar-refractivity contribution is -0.384. The van der Waals surface area contributed by atoms with Gasteiger partial charge in [-0.2, -0.15) is 0 Å². The van der Waals surface area contributed by atoms with Gasteiger partial charge >= 0.3 is 0 Å². The SMILES string of the molecule is CCCCC(CC)C(=O)Nc1ccc2ccn(Cc3ccc(C(=O)NS(=O)(=O)c4ccc([N+](=O)[O-])cc4)cc3OC)c2c1. The number of unbranched alkanes of at least 4 members (excludes halogenated alkanes) is 1. The Labute approximate surface area is 250 Å². The summed E-state index contributed by atoms with van der Waals surface area (Å²) in [4.78, 5) is 35.6. The molecule has 0 aliphatic carbocycles. The van der Waals surface area contributed by atoms with Gasteiger partial charge in [0.1, 0.15) is 5.75 Å². The number of rotatable bonds is 13. The molecular weight excluding hydrogens is 572 g/mol. The number of aromatic nitrogens is 1. The second kappa shape index (κ2) is 13.5. The lowest BCUT2D eigenvalue weighted by Gasteiger charge is -2.15. The summed E-state index contributed by atoms with van der Waals surface area (Å²) in [6.45, 7) is 4.52. The zero-order valence-electron chi connectivity index (χ0n) is 24.2. The van der Waals surface area contributed by atoms with Gasteiger partial charge in [-0.15, -0.1) is 0 Å². The first-order chi connectivity index (χ1) is 20.6. The first kappa shape index (κ1) is 31.2. The Morgan fingerprint density at radius 2 is 1.77 bits per heavy atom. The summed E-state index contributed by atoms with van der Waals surface area (Å²) in [7, 11) is -2.81. The Kier molecular flexibility index (Phi) is 9.81. The summed E-state index contributed by atoms with van der Waals surface area (Å²) >= 11 is 0. The van der Waals surface area contributed by atoms with Crippen LogP contribution < -0.4 is 14.8 Å². The number of nitrogens with zero attached hydrogens (tertiary/aromatic N) is 2. The van der Waals surface area contributed by atoms with Crippen LogP contribution >= 0.6 is 0 Å². The molecule has 0 fully saturated rings. The number of carbonyl (C=O) groups is 2. The molecule has 1 heterocycles. The number of nitro benzene ring substituents is 1. The third-order valence-corrected chi connectivity index (χ3v) is 8.63. The zero-order chi connectivity index (χ0) is 31.1. The number of benzene rings is 3. The number of fused-ring (bicyclic) bond motifs is 1. The molecule has 1 atom stereocenters. The Morgan fingerprint density at radius 3 is 2.42 bits per heavy atom. The lowest BCUT2D eigenvalue weighted by atomic mass is 9.98. The molecule has 0 aliphatic rings. The maximum absolute atomic E-state index is 12.8. The van der Waals surface area contributed by atoms with Gasteiger partial charge in [-0.25, -0.2) is 13.1 Å². The van der Waals surface area contributed by atoms with Gasteiger partial charge < -0.3 is 14.6 Å². The first-order valence-corrected chi connectivity index (χ1v) is 15.4. The van der Waals surface area contributed by atoms with Crippen molar-refractivity contribution in [2.24, 2.45) is 5.92 Å². The summed E-state index contributed by atoms with van der Waals surface area (Å²) in [5.41, 5.74) is 2.14. The molecule has 11 nitrogen and oxygen atoms in total. The van der Waals surface area contributed by atoms with Crippen LogP contribution in [0, 0.1) is 16.0 Å². The van der Waals surface area contributed by atoms with E-state index in [9.17, 15) is 28.1 Å². The molecule has 1 unspecified atom stereocenters. The number of nitro groups is 1. The fraction of sp³-hybridized carbons (Fsp3) is 0.290. The van der Waals surface area contributed by atoms with E-state index in [0.717, 1.165) is 66.4 Å². The van der Waals surface area contributed by atoms with E-state index in [1.807, 2.05) is 46.7 Å². The molecule has 2 N–H and O–H groups in total. The van der Waals surface area contributed by atoms with Crippen molar-refractivity contribution in [2.45, 2.75) is 51.0 Å². The molecule has 0 saturated heterocycles. The standard InChI is InChI=1S/C31H34N4O7S/c1-4-6-7-21(5-2)30(36)32-25-11-10-22-16-17-34(28(22)19-25)20-24-9-8-23(18-29(24)42-3)31(37)33-43(40,41)27-14-12-26(13-15-27)35(38)39/h8-19,21H,4-7,20H2,1-3H3,(H,32,36)(H,33,37). The van der Waals surface area contributed by atoms with Gasteiger partial charge in [-0.1, -0.05) is 38.8 Å². The minimum absolute atomic E-state index is 0.0135. The summed E-state index contributed by atoms with van der Waals surface area (Å²) < 4.78 is 34.9. The fourth-order valence-electron chi connectivity index (χ4n) is 4.80. The minimum atomic E-state index is -4.27. The number of non-ortho nitro benzene ring substituents is 1. The number of ether oxygens (including phenoxy) is 1. The van der Waals surface area contributed by atoms with E-state index in [-0.39, 0.29) is 28.0 Å². The first-order valence-electron chi connectivity index (χ1n) is 13.9. The molecule has 0 bridgehead atoms. The molecule has 0 saturated carbocycles. The van der Waals surface area contributed by atoms with Crippen molar-refractivity contribution in [3.63, 3.8) is 0 Å². The molecule has 4 aromatic rings. The van der Waals surface area contributed by atoms with Gasteiger partial charge in [0, 0.05) is 41.1 Å². The van der Waals surface area contributed by atoms with Gasteiger partial charge in [-0.3, -0.25) is 19.7 Å². The van der Waals surface area contributed by atoms with E-state index in [1.165, 1.54) is 19.2 Å². The maximum atomic E-state index is 12.8. The van der Waals surface area contributed by atoms with Crippen LogP contribution in [0.25, 0.3) is 10.9 Å². The van der Waals surface area contributed by atoms with Crippen LogP contribution in [0.5, 0.6) is 5.75 Å². The molecule has 1 aromatic heterocycles. The summed E-state index contributed by atoms with van der Waals surface area (Å²) in [6, 6.07) is 16.6. The highest BCUT2D eigenvalue weighted by atomic mass is 32.2. The predicted octanol–water partition coefficient (Wildman–Crippen LogP) is 5.88. The molecule has 2 amide bonds. The van der Waals surface area contributed by atoms with Crippen LogP contribution in [-0.2, 0) is 21.4 Å². The molecular formula is C31H34N4O7S. The largest absolute Gasteiger partial charge is 0.496 e. The van der Waals surface area contributed by atoms with Crippen LogP contribution in [0.3, 0.4) is 0 Å². The van der Waals surface area contributed by atoms with E-state index in [1.54, 1.807) is 6.07 Å². The van der Waals surface area contributed by atoms with Gasteiger partial charge in [0.2, 0.25) is 5.91 Å². The van der Waals surface area contributed by atoms with Gasteiger partial charge in [0.05, 0.1) is 29.0 Å². The van der Waals surface area contributed by atoms with E-state index in [0.29, 0.717) is 18.0 Å². The molecule has 0 radical (unpaired) electrons. The summed E-state index contributed by atoms with van der Waals surface area (Å²) in [5.74, 6) is -0.515. The molecule has 226 valence electrons. The normalized spacial score (nSPS) is 12.1. The van der Waals surface area contributed by atoms with E-state index >= 15 is 0 Å². The van der Waals surface area contributed by atoms with Gasteiger partial charge in [0.25, 0.3) is 21.6 Å². The molecule has 12 heteroatoms. The number of sulfonamides is 1. The predicted molar refractivity (Wildman–Crippen MR) is 164 cm³/mol. The zero-order valence-corrected chi connectivity index (χ0v) is 25.0. The summed E-state index contributed by atoms with van der Waals surface area (Å²) in [6.07, 6.45) is 5.60. The van der Waals surface area contributed by atoms with E-state index < -0.39 is 20.9 Å². The summed E-state index contributed by atoms with van der Waals surface area (Å²) in [5, 5.41) is 14.9. The van der Waals surface area contributed by atoms with Crippen LogP contribution in [0.4, 0.5) is 11.4 Å². The van der Waals surface area contributed by atoms with E-state index in [2.05, 4.69) is 12.2 Å². The van der Waals surface area contributed by atoms with Crippen molar-refractivity contribution < 1.29 is 27.7 Å². The highest BCUT2D eigenvalue weighted by Gasteiger charge is 2.21. The fourth-order valence-corrected chi connectivity index (χ4v) is 5.78.